The van der Waals surface area contributed by atoms with Crippen molar-refractivity contribution in [2.24, 2.45) is 10.7 Å². The van der Waals surface area contributed by atoms with Crippen LogP contribution in [-0.2, 0) is 0 Å². The van der Waals surface area contributed by atoms with Gasteiger partial charge in [-0.05, 0) is 12.5 Å². The summed E-state index contributed by atoms with van der Waals surface area (Å²) in [5.74, 6) is 0.553. The Morgan fingerprint density at radius 1 is 1.78 bits per heavy atom. The van der Waals surface area contributed by atoms with Gasteiger partial charge in [0.25, 0.3) is 0 Å². The second-order valence-electron chi connectivity index (χ2n) is 1.55. The molecule has 0 unspecified atom stereocenters. The first-order chi connectivity index (χ1) is 4.31. The SMILES string of the molecule is C=C/C=N\C(N)=C/CC. The average Bonchev–Trinajstić information content (AvgIpc) is 1.85. The highest BCUT2D eigenvalue weighted by molar-refractivity contribution is 5.71. The van der Waals surface area contributed by atoms with Crippen LogP contribution in [0.4, 0.5) is 0 Å². The summed E-state index contributed by atoms with van der Waals surface area (Å²) < 4.78 is 0. The Labute approximate surface area is 55.8 Å². The first-order valence-corrected chi connectivity index (χ1v) is 2.92. The average molecular weight is 124 g/mol. The Balaban J connectivity index is 3.74. The summed E-state index contributed by atoms with van der Waals surface area (Å²) in [6.45, 7) is 5.47. The van der Waals surface area contributed by atoms with Gasteiger partial charge >= 0.3 is 0 Å². The number of nitrogens with zero attached hydrogens (tertiary/aromatic N) is 1. The lowest BCUT2D eigenvalue weighted by molar-refractivity contribution is 1.14. The van der Waals surface area contributed by atoms with Crippen molar-refractivity contribution in [2.45, 2.75) is 13.3 Å². The highest BCUT2D eigenvalue weighted by Crippen LogP contribution is 1.87. The monoisotopic (exact) mass is 124 g/mol. The van der Waals surface area contributed by atoms with Crippen LogP contribution in [0.5, 0.6) is 0 Å². The minimum Gasteiger partial charge on any atom is -0.384 e. The van der Waals surface area contributed by atoms with E-state index in [9.17, 15) is 0 Å². The fourth-order valence-electron chi connectivity index (χ4n) is 0.401. The van der Waals surface area contributed by atoms with E-state index in [0.29, 0.717) is 5.82 Å². The molecule has 2 heteroatoms. The van der Waals surface area contributed by atoms with Gasteiger partial charge in [0.1, 0.15) is 5.82 Å². The van der Waals surface area contributed by atoms with Gasteiger partial charge in [-0.15, -0.1) is 0 Å². The molecule has 0 aliphatic carbocycles. The van der Waals surface area contributed by atoms with Crippen LogP contribution < -0.4 is 5.73 Å². The van der Waals surface area contributed by atoms with Crippen molar-refractivity contribution in [3.8, 4) is 0 Å². The molecule has 0 aromatic rings. The number of rotatable bonds is 3. The molecule has 0 atom stereocenters. The largest absolute Gasteiger partial charge is 0.384 e. The summed E-state index contributed by atoms with van der Waals surface area (Å²) in [6, 6.07) is 0. The molecule has 0 fully saturated rings. The van der Waals surface area contributed by atoms with Gasteiger partial charge in [0.2, 0.25) is 0 Å². The third-order valence-corrected chi connectivity index (χ3v) is 0.742. The van der Waals surface area contributed by atoms with Gasteiger partial charge in [0.05, 0.1) is 0 Å². The Morgan fingerprint density at radius 3 is 2.89 bits per heavy atom. The molecule has 2 nitrogen and oxygen atoms in total. The van der Waals surface area contributed by atoms with Crippen molar-refractivity contribution >= 4 is 6.21 Å². The van der Waals surface area contributed by atoms with E-state index in [1.807, 2.05) is 13.0 Å². The van der Waals surface area contributed by atoms with Crippen LogP contribution in [-0.4, -0.2) is 6.21 Å². The zero-order valence-corrected chi connectivity index (χ0v) is 5.67. The Kier molecular flexibility index (Phi) is 4.50. The van der Waals surface area contributed by atoms with Crippen molar-refractivity contribution in [1.82, 2.24) is 0 Å². The summed E-state index contributed by atoms with van der Waals surface area (Å²) in [5.41, 5.74) is 5.39. The molecule has 0 aromatic carbocycles. The first-order valence-electron chi connectivity index (χ1n) is 2.92. The normalized spacial score (nSPS) is 12.3. The van der Waals surface area contributed by atoms with Gasteiger partial charge in [-0.3, -0.25) is 0 Å². The van der Waals surface area contributed by atoms with Gasteiger partial charge in [-0.2, -0.15) is 0 Å². The van der Waals surface area contributed by atoms with E-state index in [2.05, 4.69) is 11.6 Å². The first kappa shape index (κ1) is 7.95. The minimum absolute atomic E-state index is 0.553. The Hall–Kier alpha value is -1.05. The van der Waals surface area contributed by atoms with E-state index in [0.717, 1.165) is 6.42 Å². The number of aliphatic imine (C=N–C) groups is 1. The molecular formula is C7H12N2. The smallest absolute Gasteiger partial charge is 0.119 e. The van der Waals surface area contributed by atoms with Crippen LogP contribution in [0.1, 0.15) is 13.3 Å². The molecule has 0 saturated carbocycles. The second-order valence-corrected chi connectivity index (χ2v) is 1.55. The highest BCUT2D eigenvalue weighted by Gasteiger charge is 1.76. The van der Waals surface area contributed by atoms with Crippen molar-refractivity contribution in [1.29, 1.82) is 0 Å². The molecular weight excluding hydrogens is 112 g/mol. The molecule has 0 heterocycles. The highest BCUT2D eigenvalue weighted by atomic mass is 14.9. The molecule has 0 rings (SSSR count). The molecule has 0 amide bonds. The zero-order valence-electron chi connectivity index (χ0n) is 5.67. The van der Waals surface area contributed by atoms with Crippen LogP contribution in [0, 0.1) is 0 Å². The summed E-state index contributed by atoms with van der Waals surface area (Å²) in [7, 11) is 0. The van der Waals surface area contributed by atoms with E-state index in [1.54, 1.807) is 12.3 Å². The van der Waals surface area contributed by atoms with Crippen LogP contribution >= 0.6 is 0 Å². The van der Waals surface area contributed by atoms with Crippen molar-refractivity contribution in [2.75, 3.05) is 0 Å². The summed E-state index contributed by atoms with van der Waals surface area (Å²) >= 11 is 0. The lowest BCUT2D eigenvalue weighted by Gasteiger charge is -1.86. The van der Waals surface area contributed by atoms with Crippen LogP contribution in [0.3, 0.4) is 0 Å². The Bertz CT molecular complexity index is 134. The fourth-order valence-corrected chi connectivity index (χ4v) is 0.401. The third-order valence-electron chi connectivity index (χ3n) is 0.742. The zero-order chi connectivity index (χ0) is 7.11. The predicted octanol–water partition coefficient (Wildman–Crippen LogP) is 1.45. The molecule has 0 spiro atoms. The lowest BCUT2D eigenvalue weighted by atomic mass is 10.4. The van der Waals surface area contributed by atoms with Gasteiger partial charge in [0, 0.05) is 6.21 Å². The second kappa shape index (κ2) is 5.09. The quantitative estimate of drug-likeness (QED) is 0.568. The molecule has 0 bridgehead atoms. The van der Waals surface area contributed by atoms with Crippen molar-refractivity contribution in [3.63, 3.8) is 0 Å². The number of hydrogen-bond donors (Lipinski definition) is 1. The predicted molar refractivity (Wildman–Crippen MR) is 41.3 cm³/mol. The lowest BCUT2D eigenvalue weighted by Crippen LogP contribution is -1.92. The molecule has 0 radical (unpaired) electrons. The van der Waals surface area contributed by atoms with Crippen LogP contribution in [0.15, 0.2) is 29.5 Å². The maximum atomic E-state index is 5.39. The maximum absolute atomic E-state index is 5.39. The van der Waals surface area contributed by atoms with Crippen molar-refractivity contribution in [3.05, 3.63) is 24.6 Å². The van der Waals surface area contributed by atoms with E-state index >= 15 is 0 Å². The van der Waals surface area contributed by atoms with Gasteiger partial charge in [0.15, 0.2) is 0 Å². The van der Waals surface area contributed by atoms with E-state index in [-0.39, 0.29) is 0 Å². The number of hydrogen-bond acceptors (Lipinski definition) is 2. The van der Waals surface area contributed by atoms with Gasteiger partial charge in [-0.1, -0.05) is 19.6 Å². The Morgan fingerprint density at radius 2 is 2.44 bits per heavy atom. The number of nitrogens with two attached hydrogens (primary N) is 1. The summed E-state index contributed by atoms with van der Waals surface area (Å²) in [5, 5.41) is 0. The fraction of sp³-hybridized carbons (Fsp3) is 0.286. The van der Waals surface area contributed by atoms with Gasteiger partial charge in [-0.25, -0.2) is 4.99 Å². The summed E-state index contributed by atoms with van der Waals surface area (Å²) in [4.78, 5) is 3.83. The molecule has 0 aliphatic rings. The van der Waals surface area contributed by atoms with Gasteiger partial charge < -0.3 is 5.73 Å². The molecule has 0 saturated heterocycles. The van der Waals surface area contributed by atoms with E-state index in [1.165, 1.54) is 0 Å². The summed E-state index contributed by atoms with van der Waals surface area (Å²) in [6.07, 6.45) is 5.93. The van der Waals surface area contributed by atoms with Crippen LogP contribution in [0.2, 0.25) is 0 Å². The van der Waals surface area contributed by atoms with Crippen LogP contribution in [0.25, 0.3) is 0 Å². The number of allylic oxidation sites excluding steroid dienone is 2. The third kappa shape index (κ3) is 4.81. The molecule has 0 aromatic heterocycles. The minimum atomic E-state index is 0.553. The standard InChI is InChI=1S/C7H12N2/c1-3-5-7(8)9-6-4-2/h4-6H,2-3,8H2,1H3/b7-5-,9-6-. The molecule has 0 aliphatic heterocycles. The molecule has 9 heavy (non-hydrogen) atoms. The molecule has 2 N–H and O–H groups in total. The maximum Gasteiger partial charge on any atom is 0.119 e. The topological polar surface area (TPSA) is 38.4 Å². The van der Waals surface area contributed by atoms with E-state index < -0.39 is 0 Å². The van der Waals surface area contributed by atoms with E-state index in [4.69, 9.17) is 5.73 Å². The molecule has 50 valence electrons. The van der Waals surface area contributed by atoms with Crippen molar-refractivity contribution < 1.29 is 0 Å².